The molecule has 2 aromatic rings. The van der Waals surface area contributed by atoms with Crippen molar-refractivity contribution < 1.29 is 30.7 Å². The second kappa shape index (κ2) is 6.12. The summed E-state index contributed by atoms with van der Waals surface area (Å²) in [7, 11) is 0. The molecule has 0 N–H and O–H groups in total. The van der Waals surface area contributed by atoms with Crippen molar-refractivity contribution in [1.82, 2.24) is 0 Å². The standard InChI is InChI=1S/C12Br3F7/c13-3-1(6(16)9(19)5(15)4(3)14)2-7(17)10(20)12(22)11(21)8(2)18. The lowest BCUT2D eigenvalue weighted by atomic mass is 10.0. The maximum atomic E-state index is 14.0. The Hall–Kier alpha value is -0.610. The summed E-state index contributed by atoms with van der Waals surface area (Å²) in [5.41, 5.74) is -2.71. The highest BCUT2D eigenvalue weighted by Crippen LogP contribution is 2.44. The molecule has 0 saturated heterocycles. The lowest BCUT2D eigenvalue weighted by Crippen LogP contribution is -2.06. The van der Waals surface area contributed by atoms with E-state index >= 15 is 0 Å². The summed E-state index contributed by atoms with van der Waals surface area (Å²) in [5.74, 6) is -14.8. The predicted molar refractivity (Wildman–Crippen MR) is 74.7 cm³/mol. The van der Waals surface area contributed by atoms with Crippen molar-refractivity contribution in [2.24, 2.45) is 0 Å². The number of hydrogen-bond donors (Lipinski definition) is 0. The van der Waals surface area contributed by atoms with E-state index in [-0.39, 0.29) is 4.47 Å². The van der Waals surface area contributed by atoms with Crippen molar-refractivity contribution in [3.63, 3.8) is 0 Å². The summed E-state index contributed by atoms with van der Waals surface area (Å²) < 4.78 is 93.6. The van der Waals surface area contributed by atoms with Crippen molar-refractivity contribution in [2.75, 3.05) is 0 Å². The molecule has 0 aliphatic carbocycles. The van der Waals surface area contributed by atoms with Crippen molar-refractivity contribution in [3.8, 4) is 11.1 Å². The van der Waals surface area contributed by atoms with Gasteiger partial charge in [-0.2, -0.15) is 0 Å². The first-order valence-corrected chi connectivity index (χ1v) is 7.52. The van der Waals surface area contributed by atoms with Crippen molar-refractivity contribution >= 4 is 47.8 Å². The predicted octanol–water partition coefficient (Wildman–Crippen LogP) is 6.61. The van der Waals surface area contributed by atoms with Crippen molar-refractivity contribution in [1.29, 1.82) is 0 Å². The molecule has 0 unspecified atom stereocenters. The minimum atomic E-state index is -2.40. The lowest BCUT2D eigenvalue weighted by molar-refractivity contribution is 0.380. The van der Waals surface area contributed by atoms with E-state index in [2.05, 4.69) is 47.8 Å². The quantitative estimate of drug-likeness (QED) is 0.227. The molecule has 10 heteroatoms. The van der Waals surface area contributed by atoms with Crippen LogP contribution < -0.4 is 0 Å². The van der Waals surface area contributed by atoms with Crippen LogP contribution in [0.2, 0.25) is 0 Å². The summed E-state index contributed by atoms with van der Waals surface area (Å²) >= 11 is 8.22. The van der Waals surface area contributed by atoms with Crippen LogP contribution in [0.15, 0.2) is 13.4 Å². The Balaban J connectivity index is 3.03. The number of rotatable bonds is 1. The SMILES string of the molecule is Fc1c(F)c(F)c(-c2c(F)c(F)c(Br)c(Br)c2Br)c(F)c1F. The topological polar surface area (TPSA) is 0 Å². The zero-order valence-corrected chi connectivity index (χ0v) is 14.5. The van der Waals surface area contributed by atoms with Crippen LogP contribution in [0.1, 0.15) is 0 Å². The Labute approximate surface area is 143 Å². The van der Waals surface area contributed by atoms with Gasteiger partial charge in [-0.15, -0.1) is 0 Å². The van der Waals surface area contributed by atoms with E-state index in [1.54, 1.807) is 0 Å². The first-order valence-electron chi connectivity index (χ1n) is 5.14. The van der Waals surface area contributed by atoms with Crippen LogP contribution in [0, 0.1) is 40.7 Å². The van der Waals surface area contributed by atoms with E-state index in [0.29, 0.717) is 0 Å². The zero-order chi connectivity index (χ0) is 16.9. The fraction of sp³-hybridized carbons (Fsp3) is 0. The van der Waals surface area contributed by atoms with Crippen LogP contribution in [-0.4, -0.2) is 0 Å². The Morgan fingerprint density at radius 2 is 0.727 bits per heavy atom. The minimum Gasteiger partial charge on any atom is -0.203 e. The average molecular weight is 517 g/mol. The highest BCUT2D eigenvalue weighted by Gasteiger charge is 2.32. The van der Waals surface area contributed by atoms with Gasteiger partial charge in [0, 0.05) is 14.5 Å². The third kappa shape index (κ3) is 2.48. The van der Waals surface area contributed by atoms with Gasteiger partial charge in [0.25, 0.3) is 0 Å². The molecule has 0 aliphatic heterocycles. The third-order valence-electron chi connectivity index (χ3n) is 2.67. The van der Waals surface area contributed by atoms with Gasteiger partial charge in [-0.25, -0.2) is 30.7 Å². The van der Waals surface area contributed by atoms with Gasteiger partial charge < -0.3 is 0 Å². The summed E-state index contributed by atoms with van der Waals surface area (Å²) in [5, 5.41) is 0. The van der Waals surface area contributed by atoms with Crippen LogP contribution in [-0.2, 0) is 0 Å². The van der Waals surface area contributed by atoms with Gasteiger partial charge in [0.1, 0.15) is 0 Å². The van der Waals surface area contributed by atoms with Crippen molar-refractivity contribution in [3.05, 3.63) is 54.1 Å². The molecule has 0 fully saturated rings. The number of benzene rings is 2. The summed E-state index contributed by atoms with van der Waals surface area (Å²) in [6, 6.07) is 0. The van der Waals surface area contributed by atoms with E-state index in [1.165, 1.54) is 0 Å². The maximum Gasteiger partial charge on any atom is 0.200 e. The summed E-state index contributed by atoms with van der Waals surface area (Å²) in [4.78, 5) is 0. The molecule has 0 aliphatic rings. The molecular formula is C12Br3F7. The molecule has 118 valence electrons. The second-order valence-corrected chi connectivity index (χ2v) is 6.27. The van der Waals surface area contributed by atoms with Gasteiger partial charge >= 0.3 is 0 Å². The first kappa shape index (κ1) is 17.7. The normalized spacial score (nSPS) is 11.2. The lowest BCUT2D eigenvalue weighted by Gasteiger charge is -2.14. The number of halogens is 10. The smallest absolute Gasteiger partial charge is 0.200 e. The molecule has 0 atom stereocenters. The largest absolute Gasteiger partial charge is 0.203 e. The molecule has 0 bridgehead atoms. The fourth-order valence-electron chi connectivity index (χ4n) is 1.65. The Morgan fingerprint density at radius 3 is 1.18 bits per heavy atom. The van der Waals surface area contributed by atoms with Crippen molar-refractivity contribution in [2.45, 2.75) is 0 Å². The molecule has 0 spiro atoms. The monoisotopic (exact) mass is 514 g/mol. The van der Waals surface area contributed by atoms with E-state index in [1.807, 2.05) is 0 Å². The van der Waals surface area contributed by atoms with Gasteiger partial charge in [0.2, 0.25) is 5.82 Å². The zero-order valence-electron chi connectivity index (χ0n) is 9.78. The van der Waals surface area contributed by atoms with Crippen LogP contribution >= 0.6 is 47.8 Å². The van der Waals surface area contributed by atoms with Gasteiger partial charge in [0.05, 0.1) is 10.0 Å². The van der Waals surface area contributed by atoms with Gasteiger partial charge in [-0.3, -0.25) is 0 Å². The number of hydrogen-bond acceptors (Lipinski definition) is 0. The molecule has 0 nitrogen and oxygen atoms in total. The third-order valence-corrected chi connectivity index (χ3v) is 6.06. The van der Waals surface area contributed by atoms with E-state index < -0.39 is 60.8 Å². The first-order chi connectivity index (χ1) is 10.1. The minimum absolute atomic E-state index is 0.203. The highest BCUT2D eigenvalue weighted by atomic mass is 79.9. The Bertz CT molecular complexity index is 679. The second-order valence-electron chi connectivity index (χ2n) is 3.89. The molecule has 0 saturated carbocycles. The summed E-state index contributed by atoms with van der Waals surface area (Å²) in [6.45, 7) is 0. The van der Waals surface area contributed by atoms with E-state index in [0.717, 1.165) is 0 Å². The molecular weight excluding hydrogens is 517 g/mol. The Kier molecular flexibility index (Phi) is 4.94. The van der Waals surface area contributed by atoms with Gasteiger partial charge in [0.15, 0.2) is 34.9 Å². The molecule has 2 rings (SSSR count). The van der Waals surface area contributed by atoms with Crippen LogP contribution in [0.4, 0.5) is 30.7 Å². The fourth-order valence-corrected chi connectivity index (χ4v) is 3.23. The molecule has 2 aromatic carbocycles. The molecule has 0 amide bonds. The van der Waals surface area contributed by atoms with Gasteiger partial charge in [-0.05, 0) is 47.8 Å². The van der Waals surface area contributed by atoms with Gasteiger partial charge in [-0.1, -0.05) is 0 Å². The van der Waals surface area contributed by atoms with Crippen LogP contribution in [0.5, 0.6) is 0 Å². The molecule has 0 radical (unpaired) electrons. The highest BCUT2D eigenvalue weighted by molar-refractivity contribution is 9.14. The van der Waals surface area contributed by atoms with E-state index in [9.17, 15) is 30.7 Å². The molecule has 0 heterocycles. The maximum absolute atomic E-state index is 14.0. The van der Waals surface area contributed by atoms with E-state index in [4.69, 9.17) is 0 Å². The molecule has 0 aromatic heterocycles. The molecule has 22 heavy (non-hydrogen) atoms. The Morgan fingerprint density at radius 1 is 0.364 bits per heavy atom. The average Bonchev–Trinajstić information content (AvgIpc) is 2.50. The van der Waals surface area contributed by atoms with Crippen LogP contribution in [0.3, 0.4) is 0 Å². The summed E-state index contributed by atoms with van der Waals surface area (Å²) in [6.07, 6.45) is 0. The van der Waals surface area contributed by atoms with Crippen LogP contribution in [0.25, 0.3) is 11.1 Å².